The maximum atomic E-state index is 5.97. The summed E-state index contributed by atoms with van der Waals surface area (Å²) < 4.78 is 2.19. The van der Waals surface area contributed by atoms with Gasteiger partial charge >= 0.3 is 0 Å². The highest BCUT2D eigenvalue weighted by Crippen LogP contribution is 2.26. The molecule has 0 saturated carbocycles. The van der Waals surface area contributed by atoms with E-state index >= 15 is 0 Å². The molecule has 0 fully saturated rings. The van der Waals surface area contributed by atoms with Gasteiger partial charge in [-0.1, -0.05) is 0 Å². The fourth-order valence-electron chi connectivity index (χ4n) is 1.96. The Kier molecular flexibility index (Phi) is 2.46. The highest BCUT2D eigenvalue weighted by Gasteiger charge is 2.22. The minimum absolute atomic E-state index is 0.0287. The van der Waals surface area contributed by atoms with E-state index in [0.29, 0.717) is 0 Å². The van der Waals surface area contributed by atoms with Gasteiger partial charge in [-0.15, -0.1) is 0 Å². The number of hydrogen-bond acceptors (Lipinski definition) is 3. The normalized spacial score (nSPS) is 14.3. The SMILES string of the molecule is CC(N)c1nc2cnccc2n1C(C)(C)C. The van der Waals surface area contributed by atoms with Crippen molar-refractivity contribution < 1.29 is 0 Å². The molecule has 0 aromatic carbocycles. The second-order valence-corrected chi connectivity index (χ2v) is 5.13. The number of aromatic nitrogens is 3. The predicted octanol–water partition coefficient (Wildman–Crippen LogP) is 2.21. The summed E-state index contributed by atoms with van der Waals surface area (Å²) in [7, 11) is 0. The Balaban J connectivity index is 2.80. The lowest BCUT2D eigenvalue weighted by atomic mass is 10.1. The molecule has 2 aromatic rings. The lowest BCUT2D eigenvalue weighted by Crippen LogP contribution is -2.26. The molecule has 86 valence electrons. The molecule has 0 radical (unpaired) electrons. The molecule has 2 heterocycles. The molecule has 4 nitrogen and oxygen atoms in total. The van der Waals surface area contributed by atoms with E-state index in [1.165, 1.54) is 0 Å². The third kappa shape index (κ3) is 1.69. The standard InChI is InChI=1S/C12H18N4/c1-8(13)11-15-9-7-14-6-5-10(9)16(11)12(2,3)4/h5-8H,13H2,1-4H3. The molecule has 0 amide bonds. The Labute approximate surface area is 95.5 Å². The third-order valence-corrected chi connectivity index (χ3v) is 2.56. The van der Waals surface area contributed by atoms with E-state index in [9.17, 15) is 0 Å². The van der Waals surface area contributed by atoms with Crippen molar-refractivity contribution in [3.8, 4) is 0 Å². The van der Waals surface area contributed by atoms with Gasteiger partial charge < -0.3 is 10.3 Å². The van der Waals surface area contributed by atoms with Crippen LogP contribution < -0.4 is 5.73 Å². The summed E-state index contributed by atoms with van der Waals surface area (Å²) in [4.78, 5) is 8.65. The van der Waals surface area contributed by atoms with Crippen LogP contribution in [0.2, 0.25) is 0 Å². The molecule has 2 N–H and O–H groups in total. The topological polar surface area (TPSA) is 56.7 Å². The van der Waals surface area contributed by atoms with Gasteiger partial charge in [0.25, 0.3) is 0 Å². The number of nitrogens with zero attached hydrogens (tertiary/aromatic N) is 3. The van der Waals surface area contributed by atoms with E-state index in [2.05, 4.69) is 35.3 Å². The second-order valence-electron chi connectivity index (χ2n) is 5.13. The summed E-state index contributed by atoms with van der Waals surface area (Å²) in [5, 5.41) is 0. The Bertz CT molecular complexity index is 505. The van der Waals surface area contributed by atoms with Gasteiger partial charge in [0.1, 0.15) is 11.3 Å². The van der Waals surface area contributed by atoms with E-state index in [4.69, 9.17) is 5.73 Å². The van der Waals surface area contributed by atoms with Crippen LogP contribution in [-0.4, -0.2) is 14.5 Å². The van der Waals surface area contributed by atoms with Crippen molar-refractivity contribution in [3.05, 3.63) is 24.3 Å². The van der Waals surface area contributed by atoms with E-state index in [1.54, 1.807) is 12.4 Å². The molecular formula is C12H18N4. The highest BCUT2D eigenvalue weighted by molar-refractivity contribution is 5.75. The minimum Gasteiger partial charge on any atom is -0.322 e. The molecule has 16 heavy (non-hydrogen) atoms. The van der Waals surface area contributed by atoms with Gasteiger partial charge in [0.05, 0.1) is 17.8 Å². The fourth-order valence-corrected chi connectivity index (χ4v) is 1.96. The van der Waals surface area contributed by atoms with Crippen LogP contribution in [0.25, 0.3) is 11.0 Å². The van der Waals surface area contributed by atoms with Gasteiger partial charge in [0, 0.05) is 11.7 Å². The van der Waals surface area contributed by atoms with Crippen molar-refractivity contribution in [3.63, 3.8) is 0 Å². The largest absolute Gasteiger partial charge is 0.322 e. The lowest BCUT2D eigenvalue weighted by molar-refractivity contribution is 0.386. The molecule has 2 rings (SSSR count). The summed E-state index contributed by atoms with van der Waals surface area (Å²) in [5.41, 5.74) is 7.94. The highest BCUT2D eigenvalue weighted by atomic mass is 15.2. The van der Waals surface area contributed by atoms with E-state index in [0.717, 1.165) is 16.9 Å². The molecule has 0 aliphatic heterocycles. The molecule has 2 aromatic heterocycles. The first-order valence-electron chi connectivity index (χ1n) is 5.49. The smallest absolute Gasteiger partial charge is 0.127 e. The van der Waals surface area contributed by atoms with Gasteiger partial charge in [-0.25, -0.2) is 4.98 Å². The quantitative estimate of drug-likeness (QED) is 0.798. The van der Waals surface area contributed by atoms with Crippen LogP contribution in [0.1, 0.15) is 39.6 Å². The van der Waals surface area contributed by atoms with E-state index < -0.39 is 0 Å². The van der Waals surface area contributed by atoms with Crippen LogP contribution in [-0.2, 0) is 5.54 Å². The zero-order chi connectivity index (χ0) is 11.9. The average molecular weight is 218 g/mol. The zero-order valence-corrected chi connectivity index (χ0v) is 10.2. The van der Waals surface area contributed by atoms with Gasteiger partial charge in [-0.3, -0.25) is 4.98 Å². The Morgan fingerprint density at radius 1 is 1.38 bits per heavy atom. The van der Waals surface area contributed by atoms with E-state index in [-0.39, 0.29) is 11.6 Å². The molecule has 0 spiro atoms. The van der Waals surface area contributed by atoms with Crippen molar-refractivity contribution in [1.82, 2.24) is 14.5 Å². The Morgan fingerprint density at radius 3 is 2.62 bits per heavy atom. The molecule has 0 saturated heterocycles. The first-order chi connectivity index (χ1) is 7.41. The van der Waals surface area contributed by atoms with Crippen molar-refractivity contribution >= 4 is 11.0 Å². The predicted molar refractivity (Wildman–Crippen MR) is 65.1 cm³/mol. The summed E-state index contributed by atoms with van der Waals surface area (Å²) in [5.74, 6) is 0.912. The molecular weight excluding hydrogens is 200 g/mol. The van der Waals surface area contributed by atoms with Gasteiger partial charge in [0.2, 0.25) is 0 Å². The van der Waals surface area contributed by atoms with Gasteiger partial charge in [-0.2, -0.15) is 0 Å². The zero-order valence-electron chi connectivity index (χ0n) is 10.2. The van der Waals surface area contributed by atoms with Crippen LogP contribution in [0.4, 0.5) is 0 Å². The number of pyridine rings is 1. The Morgan fingerprint density at radius 2 is 2.06 bits per heavy atom. The molecule has 1 unspecified atom stereocenters. The van der Waals surface area contributed by atoms with Crippen LogP contribution >= 0.6 is 0 Å². The summed E-state index contributed by atoms with van der Waals surface area (Å²) in [6, 6.07) is 1.91. The van der Waals surface area contributed by atoms with Crippen molar-refractivity contribution in [2.24, 2.45) is 5.73 Å². The maximum absolute atomic E-state index is 5.97. The second kappa shape index (κ2) is 3.56. The summed E-state index contributed by atoms with van der Waals surface area (Å²) in [6.07, 6.45) is 3.57. The average Bonchev–Trinajstić information content (AvgIpc) is 2.55. The summed E-state index contributed by atoms with van der Waals surface area (Å²) >= 11 is 0. The van der Waals surface area contributed by atoms with Crippen LogP contribution in [0.3, 0.4) is 0 Å². The Hall–Kier alpha value is -1.42. The first kappa shape index (κ1) is 11.1. The number of nitrogens with two attached hydrogens (primary N) is 1. The number of fused-ring (bicyclic) bond motifs is 1. The van der Waals surface area contributed by atoms with Crippen molar-refractivity contribution in [1.29, 1.82) is 0 Å². The molecule has 4 heteroatoms. The number of imidazole rings is 1. The van der Waals surface area contributed by atoms with Gasteiger partial charge in [-0.05, 0) is 33.8 Å². The van der Waals surface area contributed by atoms with Crippen molar-refractivity contribution in [2.75, 3.05) is 0 Å². The van der Waals surface area contributed by atoms with Gasteiger partial charge in [0.15, 0.2) is 0 Å². The number of rotatable bonds is 1. The molecule has 0 bridgehead atoms. The molecule has 0 aliphatic carbocycles. The maximum Gasteiger partial charge on any atom is 0.127 e. The van der Waals surface area contributed by atoms with Crippen molar-refractivity contribution in [2.45, 2.75) is 39.3 Å². The lowest BCUT2D eigenvalue weighted by Gasteiger charge is -2.25. The fraction of sp³-hybridized carbons (Fsp3) is 0.500. The molecule has 1 atom stereocenters. The molecule has 0 aliphatic rings. The van der Waals surface area contributed by atoms with E-state index in [1.807, 2.05) is 13.0 Å². The van der Waals surface area contributed by atoms with Crippen LogP contribution in [0.5, 0.6) is 0 Å². The monoisotopic (exact) mass is 218 g/mol. The summed E-state index contributed by atoms with van der Waals surface area (Å²) in [6.45, 7) is 8.41. The van der Waals surface area contributed by atoms with Crippen LogP contribution in [0.15, 0.2) is 18.5 Å². The number of hydrogen-bond donors (Lipinski definition) is 1. The minimum atomic E-state index is -0.0772. The third-order valence-electron chi connectivity index (χ3n) is 2.56. The first-order valence-corrected chi connectivity index (χ1v) is 5.49. The van der Waals surface area contributed by atoms with Crippen LogP contribution in [0, 0.1) is 0 Å².